The number of rotatable bonds is 5. The Kier molecular flexibility index (Phi) is 5.91. The number of aliphatic carboxylic acids is 1. The van der Waals surface area contributed by atoms with Gasteiger partial charge >= 0.3 is 5.97 Å². The van der Waals surface area contributed by atoms with E-state index in [-0.39, 0.29) is 5.04 Å². The fourth-order valence-electron chi connectivity index (χ4n) is 1.73. The lowest BCUT2D eigenvalue weighted by molar-refractivity contribution is -0.144. The number of nitrogens with zero attached hydrogens (tertiary/aromatic N) is 1. The first-order chi connectivity index (χ1) is 8.65. The Hall–Kier alpha value is -0.0431. The molecule has 1 fully saturated rings. The van der Waals surface area contributed by atoms with Crippen LogP contribution in [0.5, 0.6) is 0 Å². The zero-order valence-corrected chi connectivity index (χ0v) is 14.5. The Morgan fingerprint density at radius 2 is 1.89 bits per heavy atom. The van der Waals surface area contributed by atoms with Crippen molar-refractivity contribution in [3.63, 3.8) is 0 Å². The lowest BCUT2D eigenvalue weighted by Gasteiger charge is -2.39. The van der Waals surface area contributed by atoms with Gasteiger partial charge in [-0.1, -0.05) is 20.8 Å². The second-order valence-electron chi connectivity index (χ2n) is 6.57. The molecule has 1 aliphatic rings. The molecule has 1 heterocycles. The molecule has 1 rings (SSSR count). The minimum Gasteiger partial charge on any atom is -0.480 e. The first kappa shape index (κ1) is 17.0. The van der Waals surface area contributed by atoms with Gasteiger partial charge in [0.1, 0.15) is 6.04 Å². The van der Waals surface area contributed by atoms with E-state index in [1.54, 1.807) is 0 Å². The number of hydrogen-bond acceptors (Lipinski definition) is 4. The van der Waals surface area contributed by atoms with Gasteiger partial charge in [0.15, 0.2) is 8.32 Å². The third-order valence-electron chi connectivity index (χ3n) is 4.18. The average molecular weight is 306 g/mol. The van der Waals surface area contributed by atoms with Crippen LogP contribution in [0.15, 0.2) is 0 Å². The monoisotopic (exact) mass is 305 g/mol. The summed E-state index contributed by atoms with van der Waals surface area (Å²) in [6.45, 7) is 12.9. The van der Waals surface area contributed by atoms with Gasteiger partial charge < -0.3 is 9.53 Å². The zero-order valence-electron chi connectivity index (χ0n) is 12.7. The van der Waals surface area contributed by atoms with Crippen LogP contribution in [0.3, 0.4) is 0 Å². The first-order valence-electron chi connectivity index (χ1n) is 6.84. The minimum atomic E-state index is -1.87. The van der Waals surface area contributed by atoms with Gasteiger partial charge in [-0.3, -0.25) is 9.69 Å². The fourth-order valence-corrected chi connectivity index (χ4v) is 3.66. The maximum absolute atomic E-state index is 11.5. The van der Waals surface area contributed by atoms with Gasteiger partial charge in [-0.25, -0.2) is 0 Å². The summed E-state index contributed by atoms with van der Waals surface area (Å²) in [7, 11) is -1.87. The molecule has 1 saturated heterocycles. The summed E-state index contributed by atoms with van der Waals surface area (Å²) in [4.78, 5) is 13.5. The van der Waals surface area contributed by atoms with E-state index in [1.165, 1.54) is 0 Å². The Balaban J connectivity index is 2.62. The highest BCUT2D eigenvalue weighted by atomic mass is 32.2. The van der Waals surface area contributed by atoms with Crippen LogP contribution in [0, 0.1) is 0 Å². The summed E-state index contributed by atoms with van der Waals surface area (Å²) >= 11 is 1.89. The van der Waals surface area contributed by atoms with E-state index in [0.717, 1.165) is 24.6 Å². The van der Waals surface area contributed by atoms with E-state index in [0.29, 0.717) is 6.61 Å². The maximum atomic E-state index is 11.5. The van der Waals surface area contributed by atoms with Gasteiger partial charge in [0.05, 0.1) is 6.61 Å². The summed E-state index contributed by atoms with van der Waals surface area (Å²) in [5.41, 5.74) is 0. The molecule has 19 heavy (non-hydrogen) atoms. The normalized spacial score (nSPS) is 20.3. The first-order valence-corrected chi connectivity index (χ1v) is 10.9. The van der Waals surface area contributed by atoms with Crippen molar-refractivity contribution in [2.45, 2.75) is 44.9 Å². The average Bonchev–Trinajstić information content (AvgIpc) is 2.28. The Labute approximate surface area is 122 Å². The summed E-state index contributed by atoms with van der Waals surface area (Å²) in [5, 5.41) is 9.53. The van der Waals surface area contributed by atoms with Gasteiger partial charge in [-0.05, 0) is 18.1 Å². The van der Waals surface area contributed by atoms with Crippen molar-refractivity contribution in [1.29, 1.82) is 0 Å². The molecule has 1 atom stereocenters. The van der Waals surface area contributed by atoms with Crippen LogP contribution in [-0.4, -0.2) is 61.5 Å². The van der Waals surface area contributed by atoms with E-state index in [9.17, 15) is 9.90 Å². The molecule has 0 aromatic rings. The molecule has 6 heteroatoms. The molecular weight excluding hydrogens is 278 g/mol. The van der Waals surface area contributed by atoms with Crippen LogP contribution in [0.2, 0.25) is 18.1 Å². The van der Waals surface area contributed by atoms with Crippen LogP contribution in [0.1, 0.15) is 20.8 Å². The Morgan fingerprint density at radius 3 is 2.32 bits per heavy atom. The quantitative estimate of drug-likeness (QED) is 0.791. The Bertz CT molecular complexity index is 312. The molecular formula is C13H27NO3SSi. The SMILES string of the molecule is CC(C)(C)[Si](C)(C)OCC(C(=O)O)N1CCSCC1. The van der Waals surface area contributed by atoms with E-state index >= 15 is 0 Å². The fraction of sp³-hybridized carbons (Fsp3) is 0.923. The summed E-state index contributed by atoms with van der Waals surface area (Å²) in [5.74, 6) is 1.28. The predicted octanol–water partition coefficient (Wildman–Crippen LogP) is 2.51. The van der Waals surface area contributed by atoms with Crippen LogP contribution >= 0.6 is 11.8 Å². The lowest BCUT2D eigenvalue weighted by Crippen LogP contribution is -2.51. The molecule has 0 bridgehead atoms. The highest BCUT2D eigenvalue weighted by Crippen LogP contribution is 2.36. The molecule has 112 valence electrons. The summed E-state index contributed by atoms with van der Waals surface area (Å²) in [6.07, 6.45) is 0. The van der Waals surface area contributed by atoms with Crippen LogP contribution in [-0.2, 0) is 9.22 Å². The number of carboxylic acids is 1. The number of thioether (sulfide) groups is 1. The van der Waals surface area contributed by atoms with Crippen molar-refractivity contribution in [1.82, 2.24) is 4.90 Å². The van der Waals surface area contributed by atoms with Gasteiger partial charge in [0, 0.05) is 24.6 Å². The highest BCUT2D eigenvalue weighted by molar-refractivity contribution is 7.99. The standard InChI is InChI=1S/C13H27NO3SSi/c1-13(2,3)19(4,5)17-10-11(12(15)16)14-6-8-18-9-7-14/h11H,6-10H2,1-5H3,(H,15,16). The molecule has 0 amide bonds. The van der Waals surface area contributed by atoms with E-state index in [2.05, 4.69) is 33.9 Å². The third-order valence-corrected chi connectivity index (χ3v) is 9.62. The van der Waals surface area contributed by atoms with Crippen molar-refractivity contribution < 1.29 is 14.3 Å². The number of carboxylic acid groups (broad SMARTS) is 1. The second kappa shape index (κ2) is 6.61. The maximum Gasteiger partial charge on any atom is 0.323 e. The van der Waals surface area contributed by atoms with Gasteiger partial charge in [0.2, 0.25) is 0 Å². The Morgan fingerprint density at radius 1 is 1.37 bits per heavy atom. The molecule has 0 aromatic heterocycles. The van der Waals surface area contributed by atoms with Crippen LogP contribution < -0.4 is 0 Å². The third kappa shape index (κ3) is 4.77. The zero-order chi connectivity index (χ0) is 14.7. The largest absolute Gasteiger partial charge is 0.480 e. The van der Waals surface area contributed by atoms with Crippen molar-refractivity contribution in [3.05, 3.63) is 0 Å². The van der Waals surface area contributed by atoms with Gasteiger partial charge in [-0.15, -0.1) is 0 Å². The van der Waals surface area contributed by atoms with Crippen molar-refractivity contribution in [3.8, 4) is 0 Å². The molecule has 0 aliphatic carbocycles. The molecule has 0 radical (unpaired) electrons. The topological polar surface area (TPSA) is 49.8 Å². The van der Waals surface area contributed by atoms with Crippen LogP contribution in [0.25, 0.3) is 0 Å². The van der Waals surface area contributed by atoms with E-state index in [4.69, 9.17) is 4.43 Å². The van der Waals surface area contributed by atoms with Gasteiger partial charge in [0.25, 0.3) is 0 Å². The lowest BCUT2D eigenvalue weighted by atomic mass is 10.2. The molecule has 1 N–H and O–H groups in total. The van der Waals surface area contributed by atoms with Gasteiger partial charge in [-0.2, -0.15) is 11.8 Å². The van der Waals surface area contributed by atoms with E-state index in [1.807, 2.05) is 16.7 Å². The molecule has 0 aromatic carbocycles. The van der Waals surface area contributed by atoms with Crippen molar-refractivity contribution in [2.24, 2.45) is 0 Å². The van der Waals surface area contributed by atoms with Crippen molar-refractivity contribution >= 4 is 26.0 Å². The minimum absolute atomic E-state index is 0.119. The number of hydrogen-bond donors (Lipinski definition) is 1. The molecule has 0 saturated carbocycles. The molecule has 4 nitrogen and oxygen atoms in total. The van der Waals surface area contributed by atoms with Crippen LogP contribution in [0.4, 0.5) is 0 Å². The summed E-state index contributed by atoms with van der Waals surface area (Å²) in [6, 6.07) is -0.491. The molecule has 1 unspecified atom stereocenters. The summed E-state index contributed by atoms with van der Waals surface area (Å²) < 4.78 is 6.08. The molecule has 1 aliphatic heterocycles. The highest BCUT2D eigenvalue weighted by Gasteiger charge is 2.39. The van der Waals surface area contributed by atoms with E-state index < -0.39 is 20.3 Å². The molecule has 0 spiro atoms. The second-order valence-corrected chi connectivity index (χ2v) is 12.6. The van der Waals surface area contributed by atoms with Crippen molar-refractivity contribution in [2.75, 3.05) is 31.2 Å². The smallest absolute Gasteiger partial charge is 0.323 e. The number of carbonyl (C=O) groups is 1. The predicted molar refractivity (Wildman–Crippen MR) is 83.5 cm³/mol.